The number of piperidine rings is 1. The second-order valence-electron chi connectivity index (χ2n) is 6.82. The van der Waals surface area contributed by atoms with Gasteiger partial charge in [-0.05, 0) is 31.5 Å². The van der Waals surface area contributed by atoms with Gasteiger partial charge in [0.05, 0.1) is 5.56 Å². The zero-order valence-electron chi connectivity index (χ0n) is 14.4. The molecular formula is C18H25F3N2O. The third kappa shape index (κ3) is 4.72. The highest BCUT2D eigenvalue weighted by atomic mass is 19.4. The fourth-order valence-electron chi connectivity index (χ4n) is 3.16. The molecule has 1 aliphatic heterocycles. The van der Waals surface area contributed by atoms with E-state index in [0.29, 0.717) is 25.2 Å². The van der Waals surface area contributed by atoms with Crippen LogP contribution in [0.3, 0.4) is 0 Å². The standard InChI is InChI=1S/C18H25F3N2O/c1-13(2)17(24)23-9-7-16(8-10-23)22(3)12-14-5-4-6-15(11-14)18(19,20)21/h4-6,11,13,16H,7-10,12H2,1-3H3. The molecule has 0 unspecified atom stereocenters. The highest BCUT2D eigenvalue weighted by molar-refractivity contribution is 5.78. The number of nitrogens with zero attached hydrogens (tertiary/aromatic N) is 2. The van der Waals surface area contributed by atoms with E-state index in [-0.39, 0.29) is 17.9 Å². The highest BCUT2D eigenvalue weighted by Crippen LogP contribution is 2.30. The molecule has 1 aliphatic rings. The van der Waals surface area contributed by atoms with Gasteiger partial charge in [0.15, 0.2) is 0 Å². The third-order valence-corrected chi connectivity index (χ3v) is 4.58. The van der Waals surface area contributed by atoms with Crippen molar-refractivity contribution >= 4 is 5.91 Å². The Kier molecular flexibility index (Phi) is 5.91. The quantitative estimate of drug-likeness (QED) is 0.831. The van der Waals surface area contributed by atoms with Gasteiger partial charge in [0, 0.05) is 31.6 Å². The van der Waals surface area contributed by atoms with E-state index in [4.69, 9.17) is 0 Å². The van der Waals surface area contributed by atoms with E-state index in [1.54, 1.807) is 6.07 Å². The van der Waals surface area contributed by atoms with Gasteiger partial charge in [-0.15, -0.1) is 0 Å². The van der Waals surface area contributed by atoms with Crippen molar-refractivity contribution in [2.24, 2.45) is 5.92 Å². The summed E-state index contributed by atoms with van der Waals surface area (Å²) < 4.78 is 38.4. The Morgan fingerprint density at radius 1 is 1.29 bits per heavy atom. The predicted molar refractivity (Wildman–Crippen MR) is 87.4 cm³/mol. The number of halogens is 3. The molecule has 0 N–H and O–H groups in total. The van der Waals surface area contributed by atoms with Crippen molar-refractivity contribution in [1.82, 2.24) is 9.80 Å². The van der Waals surface area contributed by atoms with Crippen LogP contribution in [0.2, 0.25) is 0 Å². The SMILES string of the molecule is CC(C)C(=O)N1CCC(N(C)Cc2cccc(C(F)(F)F)c2)CC1. The molecule has 1 heterocycles. The highest BCUT2D eigenvalue weighted by Gasteiger charge is 2.31. The minimum atomic E-state index is -4.31. The molecule has 0 aromatic heterocycles. The summed E-state index contributed by atoms with van der Waals surface area (Å²) in [6.45, 7) is 5.71. The smallest absolute Gasteiger partial charge is 0.342 e. The molecule has 3 nitrogen and oxygen atoms in total. The molecule has 0 spiro atoms. The molecular weight excluding hydrogens is 317 g/mol. The van der Waals surface area contributed by atoms with Crippen LogP contribution >= 0.6 is 0 Å². The van der Waals surface area contributed by atoms with Crippen molar-refractivity contribution in [1.29, 1.82) is 0 Å². The molecule has 0 bridgehead atoms. The molecule has 1 fully saturated rings. The van der Waals surface area contributed by atoms with Crippen molar-refractivity contribution in [3.63, 3.8) is 0 Å². The van der Waals surface area contributed by atoms with Gasteiger partial charge in [-0.3, -0.25) is 9.69 Å². The summed E-state index contributed by atoms with van der Waals surface area (Å²) in [5.41, 5.74) is 0.0544. The van der Waals surface area contributed by atoms with Gasteiger partial charge >= 0.3 is 6.18 Å². The molecule has 0 saturated carbocycles. The first-order chi connectivity index (χ1) is 11.2. The lowest BCUT2D eigenvalue weighted by atomic mass is 10.0. The molecule has 6 heteroatoms. The molecule has 134 valence electrons. The fraction of sp³-hybridized carbons (Fsp3) is 0.611. The van der Waals surface area contributed by atoms with Crippen molar-refractivity contribution in [2.45, 2.75) is 45.5 Å². The number of alkyl halides is 3. The monoisotopic (exact) mass is 342 g/mol. The first kappa shape index (κ1) is 18.8. The molecule has 0 aliphatic carbocycles. The van der Waals surface area contributed by atoms with E-state index < -0.39 is 11.7 Å². The summed E-state index contributed by atoms with van der Waals surface area (Å²) in [6, 6.07) is 5.78. The molecule has 1 aromatic rings. The minimum absolute atomic E-state index is 0.00406. The number of hydrogen-bond donors (Lipinski definition) is 0. The lowest BCUT2D eigenvalue weighted by Crippen LogP contribution is -2.46. The van der Waals surface area contributed by atoms with Gasteiger partial charge in [-0.25, -0.2) is 0 Å². The maximum atomic E-state index is 12.8. The van der Waals surface area contributed by atoms with Crippen molar-refractivity contribution in [3.05, 3.63) is 35.4 Å². The van der Waals surface area contributed by atoms with Gasteiger partial charge in [-0.1, -0.05) is 32.0 Å². The third-order valence-electron chi connectivity index (χ3n) is 4.58. The van der Waals surface area contributed by atoms with E-state index in [1.165, 1.54) is 12.1 Å². The van der Waals surface area contributed by atoms with Crippen LogP contribution in [0.4, 0.5) is 13.2 Å². The first-order valence-corrected chi connectivity index (χ1v) is 8.33. The number of rotatable bonds is 4. The Morgan fingerprint density at radius 3 is 2.46 bits per heavy atom. The van der Waals surface area contributed by atoms with E-state index in [1.807, 2.05) is 25.8 Å². The molecule has 24 heavy (non-hydrogen) atoms. The van der Waals surface area contributed by atoms with Crippen molar-refractivity contribution in [3.8, 4) is 0 Å². The average molecular weight is 342 g/mol. The van der Waals surface area contributed by atoms with Gasteiger partial charge < -0.3 is 4.90 Å². The summed E-state index contributed by atoms with van der Waals surface area (Å²) >= 11 is 0. The van der Waals surface area contributed by atoms with Crippen LogP contribution in [0.25, 0.3) is 0 Å². The zero-order chi connectivity index (χ0) is 17.9. The summed E-state index contributed by atoms with van der Waals surface area (Å²) in [7, 11) is 1.94. The molecule has 0 radical (unpaired) electrons. The maximum absolute atomic E-state index is 12.8. The first-order valence-electron chi connectivity index (χ1n) is 8.33. The predicted octanol–water partition coefficient (Wildman–Crippen LogP) is 3.78. The molecule has 2 rings (SSSR count). The minimum Gasteiger partial charge on any atom is -0.342 e. The van der Waals surface area contributed by atoms with Crippen LogP contribution in [0.1, 0.15) is 37.8 Å². The van der Waals surface area contributed by atoms with Gasteiger partial charge in [0.2, 0.25) is 5.91 Å². The van der Waals surface area contributed by atoms with E-state index in [9.17, 15) is 18.0 Å². The van der Waals surface area contributed by atoms with Crippen LogP contribution in [-0.2, 0) is 17.5 Å². The molecule has 1 amide bonds. The second-order valence-corrected chi connectivity index (χ2v) is 6.82. The molecule has 0 atom stereocenters. The zero-order valence-corrected chi connectivity index (χ0v) is 14.4. The number of hydrogen-bond acceptors (Lipinski definition) is 2. The van der Waals surface area contributed by atoms with Gasteiger partial charge in [0.1, 0.15) is 0 Å². The van der Waals surface area contributed by atoms with Crippen LogP contribution < -0.4 is 0 Å². The van der Waals surface area contributed by atoms with Crippen molar-refractivity contribution < 1.29 is 18.0 Å². The topological polar surface area (TPSA) is 23.6 Å². The van der Waals surface area contributed by atoms with Crippen LogP contribution in [0, 0.1) is 5.92 Å². The number of benzene rings is 1. The Labute approximate surface area is 141 Å². The van der Waals surface area contributed by atoms with E-state index in [2.05, 4.69) is 4.90 Å². The Balaban J connectivity index is 1.92. The fourth-order valence-corrected chi connectivity index (χ4v) is 3.16. The molecule has 1 aromatic carbocycles. The second kappa shape index (κ2) is 7.55. The van der Waals surface area contributed by atoms with Crippen LogP contribution in [0.15, 0.2) is 24.3 Å². The number of carbonyl (C=O) groups is 1. The van der Waals surface area contributed by atoms with Crippen LogP contribution in [-0.4, -0.2) is 41.9 Å². The normalized spacial score (nSPS) is 16.9. The number of likely N-dealkylation sites (tertiary alicyclic amines) is 1. The Bertz CT molecular complexity index is 564. The Hall–Kier alpha value is -1.56. The summed E-state index contributed by atoms with van der Waals surface area (Å²) in [4.78, 5) is 16.0. The maximum Gasteiger partial charge on any atom is 0.416 e. The summed E-state index contributed by atoms with van der Waals surface area (Å²) in [5.74, 6) is 0.179. The van der Waals surface area contributed by atoms with Crippen LogP contribution in [0.5, 0.6) is 0 Å². The summed E-state index contributed by atoms with van der Waals surface area (Å²) in [6.07, 6.45) is -2.60. The summed E-state index contributed by atoms with van der Waals surface area (Å²) in [5, 5.41) is 0. The lowest BCUT2D eigenvalue weighted by molar-refractivity contribution is -0.137. The average Bonchev–Trinajstić information content (AvgIpc) is 2.53. The van der Waals surface area contributed by atoms with Gasteiger partial charge in [-0.2, -0.15) is 13.2 Å². The van der Waals surface area contributed by atoms with Crippen molar-refractivity contribution in [2.75, 3.05) is 20.1 Å². The Morgan fingerprint density at radius 2 is 1.92 bits per heavy atom. The number of amides is 1. The largest absolute Gasteiger partial charge is 0.416 e. The number of carbonyl (C=O) groups excluding carboxylic acids is 1. The molecule has 1 saturated heterocycles. The van der Waals surface area contributed by atoms with E-state index >= 15 is 0 Å². The van der Waals surface area contributed by atoms with Gasteiger partial charge in [0.25, 0.3) is 0 Å². The van der Waals surface area contributed by atoms with E-state index in [0.717, 1.165) is 18.9 Å². The lowest BCUT2D eigenvalue weighted by Gasteiger charge is -2.37.